The number of nitrogens with one attached hydrogen (secondary N) is 1. The summed E-state index contributed by atoms with van der Waals surface area (Å²) in [7, 11) is 0. The number of rotatable bonds is 34. The van der Waals surface area contributed by atoms with Crippen LogP contribution in [-0.2, 0) is 33.2 Å². The van der Waals surface area contributed by atoms with Crippen molar-refractivity contribution in [1.82, 2.24) is 5.32 Å². The Morgan fingerprint density at radius 1 is 0.514 bits per heavy atom. The van der Waals surface area contributed by atoms with Crippen molar-refractivity contribution in [3.05, 3.63) is 60.8 Å². The van der Waals surface area contributed by atoms with E-state index >= 15 is 0 Å². The molecule has 3 aliphatic heterocycles. The molecule has 0 saturated carbocycles. The van der Waals surface area contributed by atoms with Crippen LogP contribution >= 0.6 is 0 Å². The Morgan fingerprint density at radius 2 is 0.986 bits per heavy atom. The monoisotopic (exact) mass is 1000 g/mol. The van der Waals surface area contributed by atoms with E-state index in [9.17, 15) is 61.0 Å². The Balaban J connectivity index is 1.59. The van der Waals surface area contributed by atoms with Gasteiger partial charge in [-0.2, -0.15) is 0 Å². The van der Waals surface area contributed by atoms with Crippen LogP contribution in [0, 0.1) is 0 Å². The van der Waals surface area contributed by atoms with E-state index in [-0.39, 0.29) is 18.9 Å². The van der Waals surface area contributed by atoms with E-state index in [1.54, 1.807) is 12.2 Å². The first-order chi connectivity index (χ1) is 33.8. The van der Waals surface area contributed by atoms with Crippen molar-refractivity contribution in [3.63, 3.8) is 0 Å². The lowest BCUT2D eigenvalue weighted by Crippen LogP contribution is -2.66. The van der Waals surface area contributed by atoms with Gasteiger partial charge >= 0.3 is 0 Å². The molecule has 17 unspecified atom stereocenters. The van der Waals surface area contributed by atoms with Crippen molar-refractivity contribution < 1.29 is 89.4 Å². The van der Waals surface area contributed by atoms with Crippen LogP contribution in [0.1, 0.15) is 123 Å². The van der Waals surface area contributed by atoms with E-state index in [4.69, 9.17) is 28.4 Å². The zero-order valence-corrected chi connectivity index (χ0v) is 41.2. The van der Waals surface area contributed by atoms with Crippen molar-refractivity contribution in [2.24, 2.45) is 0 Å². The van der Waals surface area contributed by atoms with Gasteiger partial charge in [0.2, 0.25) is 5.91 Å². The van der Waals surface area contributed by atoms with Crippen molar-refractivity contribution in [2.75, 3.05) is 26.4 Å². The molecular formula is C51H87NO18. The van der Waals surface area contributed by atoms with Gasteiger partial charge in [-0.3, -0.25) is 4.79 Å². The lowest BCUT2D eigenvalue weighted by atomic mass is 9.96. The minimum Gasteiger partial charge on any atom is -0.394 e. The normalized spacial score (nSPS) is 33.1. The van der Waals surface area contributed by atoms with E-state index in [2.05, 4.69) is 67.8 Å². The van der Waals surface area contributed by atoms with E-state index in [1.165, 1.54) is 12.8 Å². The molecule has 0 aromatic heterocycles. The van der Waals surface area contributed by atoms with E-state index in [0.29, 0.717) is 12.8 Å². The molecule has 3 heterocycles. The Kier molecular flexibility index (Phi) is 31.4. The summed E-state index contributed by atoms with van der Waals surface area (Å²) in [5.74, 6) is -0.311. The van der Waals surface area contributed by atoms with Gasteiger partial charge in [-0.15, -0.1) is 0 Å². The van der Waals surface area contributed by atoms with Crippen molar-refractivity contribution in [2.45, 2.75) is 227 Å². The second-order valence-electron chi connectivity index (χ2n) is 18.3. The molecule has 19 nitrogen and oxygen atoms in total. The van der Waals surface area contributed by atoms with Gasteiger partial charge in [-0.25, -0.2) is 0 Å². The number of ether oxygens (including phenoxy) is 6. The lowest BCUT2D eigenvalue weighted by Gasteiger charge is -2.48. The number of carbonyl (C=O) groups is 1. The number of unbranched alkanes of at least 4 members (excludes halogenated alkanes) is 10. The highest BCUT2D eigenvalue weighted by atomic mass is 16.8. The molecule has 17 atom stereocenters. The molecule has 3 rings (SSSR count). The summed E-state index contributed by atoms with van der Waals surface area (Å²) in [6.45, 7) is 1.50. The first-order valence-electron chi connectivity index (χ1n) is 25.5. The molecule has 0 aliphatic carbocycles. The summed E-state index contributed by atoms with van der Waals surface area (Å²) in [6.07, 6.45) is 9.47. The second-order valence-corrected chi connectivity index (χ2v) is 18.3. The minimum absolute atomic E-state index is 0.212. The van der Waals surface area contributed by atoms with Crippen LogP contribution in [0.15, 0.2) is 60.8 Å². The Labute approximate surface area is 414 Å². The smallest absolute Gasteiger partial charge is 0.220 e. The zero-order chi connectivity index (χ0) is 51.3. The fourth-order valence-corrected chi connectivity index (χ4v) is 8.18. The number of hydrogen-bond acceptors (Lipinski definition) is 18. The maximum Gasteiger partial charge on any atom is 0.220 e. The van der Waals surface area contributed by atoms with Gasteiger partial charge in [0, 0.05) is 6.42 Å². The Morgan fingerprint density at radius 3 is 1.57 bits per heavy atom. The van der Waals surface area contributed by atoms with Gasteiger partial charge in [0.05, 0.1) is 38.6 Å². The molecule has 0 aromatic carbocycles. The fraction of sp³-hybridized carbons (Fsp3) is 0.784. The summed E-state index contributed by atoms with van der Waals surface area (Å²) < 4.78 is 34.0. The summed E-state index contributed by atoms with van der Waals surface area (Å²) in [5, 5.41) is 119. The summed E-state index contributed by atoms with van der Waals surface area (Å²) in [6, 6.07) is -1.00. The van der Waals surface area contributed by atoms with Crippen molar-refractivity contribution >= 4 is 5.91 Å². The predicted molar refractivity (Wildman–Crippen MR) is 258 cm³/mol. The van der Waals surface area contributed by atoms with Crippen molar-refractivity contribution in [3.8, 4) is 0 Å². The average Bonchev–Trinajstić information content (AvgIpc) is 3.35. The number of hydrogen-bond donors (Lipinski definition) is 12. The van der Waals surface area contributed by atoms with Gasteiger partial charge in [-0.1, -0.05) is 113 Å². The zero-order valence-electron chi connectivity index (χ0n) is 41.2. The molecule has 1 amide bonds. The largest absolute Gasteiger partial charge is 0.394 e. The second kappa shape index (κ2) is 35.6. The molecule has 12 N–H and O–H groups in total. The molecule has 19 heteroatoms. The maximum absolute atomic E-state index is 13.2. The number of amides is 1. The molecule has 3 fully saturated rings. The van der Waals surface area contributed by atoms with Crippen LogP contribution in [0.4, 0.5) is 0 Å². The molecule has 0 bridgehead atoms. The van der Waals surface area contributed by atoms with Gasteiger partial charge in [-0.05, 0) is 64.2 Å². The van der Waals surface area contributed by atoms with Gasteiger partial charge in [0.15, 0.2) is 18.9 Å². The van der Waals surface area contributed by atoms with Crippen molar-refractivity contribution in [1.29, 1.82) is 0 Å². The SMILES string of the molecule is CCC/C=C\C/C=C\CCCCCCCC(=O)NC(COC1OC(CO)C(OC2OC(CO)C(OC3OC(CO)C(O)C(O)C3O)C(O)C2O)C(O)C1O)C(O)/C=C/CC/C=C/CC/C=C/CCCC. The molecule has 3 saturated heterocycles. The summed E-state index contributed by atoms with van der Waals surface area (Å²) in [4.78, 5) is 13.2. The van der Waals surface area contributed by atoms with E-state index in [1.807, 2.05) is 0 Å². The molecule has 0 spiro atoms. The van der Waals surface area contributed by atoms with Crippen LogP contribution < -0.4 is 5.32 Å². The van der Waals surface area contributed by atoms with Crippen LogP contribution in [0.2, 0.25) is 0 Å². The molecule has 0 radical (unpaired) electrons. The maximum atomic E-state index is 13.2. The van der Waals surface area contributed by atoms with Crippen LogP contribution in [0.3, 0.4) is 0 Å². The number of aliphatic hydroxyl groups is 11. The summed E-state index contributed by atoms with van der Waals surface area (Å²) >= 11 is 0. The standard InChI is InChI=1S/C51H87NO18/c1-3-5-7-9-11-13-15-17-19-21-23-25-27-29-39(57)52-34(35(56)28-26-24-22-20-18-16-14-12-10-8-6-4-2)33-65-49-45(63)42(60)47(37(31-54)67-49)70-51-46(64)43(61)48(38(32-55)68-51)69-50-44(62)41(59)40(58)36(30-53)66-50/h7,9-10,12-13,15,18,20,26,28,34-38,40-51,53-56,58-64H,3-6,8,11,14,16-17,19,21-25,27,29-33H2,1-2H3,(H,52,57)/b9-7-,12-10+,15-13-,20-18+,28-26+. The van der Waals surface area contributed by atoms with Crippen LogP contribution in [0.25, 0.3) is 0 Å². The van der Waals surface area contributed by atoms with Crippen LogP contribution in [0.5, 0.6) is 0 Å². The quantitative estimate of drug-likeness (QED) is 0.0323. The fourth-order valence-electron chi connectivity index (χ4n) is 8.18. The third kappa shape index (κ3) is 21.1. The highest BCUT2D eigenvalue weighted by molar-refractivity contribution is 5.76. The number of allylic oxidation sites excluding steroid dienone is 9. The molecular weight excluding hydrogens is 915 g/mol. The first kappa shape index (κ1) is 61.8. The van der Waals surface area contributed by atoms with E-state index in [0.717, 1.165) is 77.0 Å². The molecule has 0 aromatic rings. The topological polar surface area (TPSA) is 307 Å². The average molecular weight is 1000 g/mol. The highest BCUT2D eigenvalue weighted by Crippen LogP contribution is 2.33. The molecule has 70 heavy (non-hydrogen) atoms. The minimum atomic E-state index is -1.98. The summed E-state index contributed by atoms with van der Waals surface area (Å²) in [5.41, 5.74) is 0. The third-order valence-corrected chi connectivity index (χ3v) is 12.5. The first-order valence-corrected chi connectivity index (χ1v) is 25.5. The van der Waals surface area contributed by atoms with E-state index < -0.39 is 124 Å². The van der Waals surface area contributed by atoms with Crippen LogP contribution in [-0.4, -0.2) is 193 Å². The van der Waals surface area contributed by atoms with Gasteiger partial charge in [0.1, 0.15) is 73.2 Å². The number of carbonyl (C=O) groups excluding carboxylic acids is 1. The molecule has 3 aliphatic rings. The Hall–Kier alpha value is -2.51. The van der Waals surface area contributed by atoms with Gasteiger partial charge < -0.3 is 89.9 Å². The number of aliphatic hydroxyl groups excluding tert-OH is 11. The lowest BCUT2D eigenvalue weighted by molar-refractivity contribution is -0.379. The third-order valence-electron chi connectivity index (χ3n) is 12.5. The predicted octanol–water partition coefficient (Wildman–Crippen LogP) is 1.75. The molecule has 404 valence electrons. The van der Waals surface area contributed by atoms with Gasteiger partial charge in [0.25, 0.3) is 0 Å². The highest BCUT2D eigenvalue weighted by Gasteiger charge is 2.53. The Bertz CT molecular complexity index is 1530.